The highest BCUT2D eigenvalue weighted by atomic mass is 79.9. The molecule has 1 saturated heterocycles. The van der Waals surface area contributed by atoms with Gasteiger partial charge in [0, 0.05) is 35.8 Å². The maximum Gasteiger partial charge on any atom is 0.0749 e. The number of ether oxygens (including phenoxy) is 1. The summed E-state index contributed by atoms with van der Waals surface area (Å²) >= 11 is 3.35. The maximum atomic E-state index is 10.4. The molecule has 0 saturated carbocycles. The zero-order chi connectivity index (χ0) is 11.6. The van der Waals surface area contributed by atoms with Crippen LogP contribution in [0, 0.1) is 0 Å². The molecule has 1 aromatic rings. The van der Waals surface area contributed by atoms with Crippen molar-refractivity contribution in [1.29, 1.82) is 0 Å². The van der Waals surface area contributed by atoms with Gasteiger partial charge in [-0.1, -0.05) is 0 Å². The summed E-state index contributed by atoms with van der Waals surface area (Å²) in [6.07, 6.45) is 3.88. The number of hydrogen-bond acceptors (Lipinski definition) is 3. The van der Waals surface area contributed by atoms with Crippen molar-refractivity contribution in [2.75, 3.05) is 6.61 Å². The van der Waals surface area contributed by atoms with Gasteiger partial charge in [-0.05, 0) is 41.4 Å². The Morgan fingerprint density at radius 3 is 3.06 bits per heavy atom. The fourth-order valence-electron chi connectivity index (χ4n) is 2.15. The molecule has 16 heavy (non-hydrogen) atoms. The minimum atomic E-state index is -0.654. The molecule has 0 aromatic carbocycles. The Balaban J connectivity index is 2.05. The fraction of sp³-hybridized carbons (Fsp3) is 0.583. The lowest BCUT2D eigenvalue weighted by Gasteiger charge is -2.35. The Bertz CT molecular complexity index is 355. The van der Waals surface area contributed by atoms with Crippen molar-refractivity contribution in [3.05, 3.63) is 28.5 Å². The molecule has 1 aliphatic heterocycles. The van der Waals surface area contributed by atoms with Crippen molar-refractivity contribution >= 4 is 15.9 Å². The van der Waals surface area contributed by atoms with Crippen LogP contribution < -0.4 is 0 Å². The SMILES string of the molecule is CC1CC(O)(Cc2ccc(Br)cn2)CCO1. The van der Waals surface area contributed by atoms with Crippen LogP contribution in [-0.2, 0) is 11.2 Å². The second-order valence-corrected chi connectivity index (χ2v) is 5.42. The van der Waals surface area contributed by atoms with Gasteiger partial charge in [0.1, 0.15) is 0 Å². The van der Waals surface area contributed by atoms with Crippen LogP contribution in [0.15, 0.2) is 22.8 Å². The number of aliphatic hydroxyl groups is 1. The van der Waals surface area contributed by atoms with Gasteiger partial charge in [-0.25, -0.2) is 0 Å². The van der Waals surface area contributed by atoms with Crippen LogP contribution in [0.3, 0.4) is 0 Å². The average Bonchev–Trinajstić information content (AvgIpc) is 2.21. The van der Waals surface area contributed by atoms with E-state index in [9.17, 15) is 5.11 Å². The molecule has 1 fully saturated rings. The molecule has 1 aromatic heterocycles. The summed E-state index contributed by atoms with van der Waals surface area (Å²) in [7, 11) is 0. The summed E-state index contributed by atoms with van der Waals surface area (Å²) in [5, 5.41) is 10.4. The van der Waals surface area contributed by atoms with E-state index in [4.69, 9.17) is 4.74 Å². The summed E-state index contributed by atoms with van der Waals surface area (Å²) in [6.45, 7) is 2.63. The van der Waals surface area contributed by atoms with E-state index in [0.717, 1.165) is 10.2 Å². The van der Waals surface area contributed by atoms with E-state index in [0.29, 0.717) is 25.9 Å². The Morgan fingerprint density at radius 2 is 2.44 bits per heavy atom. The summed E-state index contributed by atoms with van der Waals surface area (Å²) in [4.78, 5) is 4.29. The Labute approximate surface area is 104 Å². The Morgan fingerprint density at radius 1 is 1.62 bits per heavy atom. The topological polar surface area (TPSA) is 42.4 Å². The van der Waals surface area contributed by atoms with E-state index >= 15 is 0 Å². The van der Waals surface area contributed by atoms with Crippen molar-refractivity contribution in [2.45, 2.75) is 37.9 Å². The standard InChI is InChI=1S/C12H16BrNO2/c1-9-6-12(15,4-5-16-9)7-11-3-2-10(13)8-14-11/h2-3,8-9,15H,4-7H2,1H3. The van der Waals surface area contributed by atoms with Crippen molar-refractivity contribution < 1.29 is 9.84 Å². The molecule has 0 bridgehead atoms. The van der Waals surface area contributed by atoms with Crippen LogP contribution in [0.25, 0.3) is 0 Å². The molecule has 0 aliphatic carbocycles. The van der Waals surface area contributed by atoms with E-state index in [-0.39, 0.29) is 6.10 Å². The molecular formula is C12H16BrNO2. The van der Waals surface area contributed by atoms with Crippen LogP contribution in [0.4, 0.5) is 0 Å². The summed E-state index contributed by atoms with van der Waals surface area (Å²) in [5.74, 6) is 0. The van der Waals surface area contributed by atoms with E-state index in [1.165, 1.54) is 0 Å². The molecule has 2 atom stereocenters. The highest BCUT2D eigenvalue weighted by Crippen LogP contribution is 2.28. The van der Waals surface area contributed by atoms with Gasteiger partial charge in [-0.2, -0.15) is 0 Å². The van der Waals surface area contributed by atoms with Crippen LogP contribution in [0.1, 0.15) is 25.5 Å². The average molecular weight is 286 g/mol. The molecule has 88 valence electrons. The summed E-state index contributed by atoms with van der Waals surface area (Å²) < 4.78 is 6.40. The van der Waals surface area contributed by atoms with Gasteiger partial charge >= 0.3 is 0 Å². The first-order chi connectivity index (χ1) is 7.57. The van der Waals surface area contributed by atoms with Crippen LogP contribution >= 0.6 is 15.9 Å². The molecular weight excluding hydrogens is 270 g/mol. The van der Waals surface area contributed by atoms with Crippen LogP contribution in [0.5, 0.6) is 0 Å². The van der Waals surface area contributed by atoms with Crippen LogP contribution in [-0.4, -0.2) is 28.4 Å². The van der Waals surface area contributed by atoms with Crippen molar-refractivity contribution in [3.8, 4) is 0 Å². The summed E-state index contributed by atoms with van der Waals surface area (Å²) in [5.41, 5.74) is 0.276. The zero-order valence-corrected chi connectivity index (χ0v) is 10.9. The molecule has 2 unspecified atom stereocenters. The largest absolute Gasteiger partial charge is 0.389 e. The third kappa shape index (κ3) is 3.03. The smallest absolute Gasteiger partial charge is 0.0749 e. The molecule has 0 radical (unpaired) electrons. The number of aromatic nitrogens is 1. The predicted molar refractivity (Wildman–Crippen MR) is 65.2 cm³/mol. The first-order valence-corrected chi connectivity index (χ1v) is 6.31. The van der Waals surface area contributed by atoms with Gasteiger partial charge < -0.3 is 9.84 Å². The number of hydrogen-bond donors (Lipinski definition) is 1. The lowest BCUT2D eigenvalue weighted by Crippen LogP contribution is -2.41. The highest BCUT2D eigenvalue weighted by Gasteiger charge is 2.33. The first kappa shape index (κ1) is 12.0. The molecule has 0 amide bonds. The molecule has 0 spiro atoms. The lowest BCUT2D eigenvalue weighted by atomic mass is 9.86. The van der Waals surface area contributed by atoms with Gasteiger partial charge in [-0.3, -0.25) is 4.98 Å². The molecule has 2 rings (SSSR count). The van der Waals surface area contributed by atoms with Crippen molar-refractivity contribution in [3.63, 3.8) is 0 Å². The van der Waals surface area contributed by atoms with Gasteiger partial charge in [-0.15, -0.1) is 0 Å². The number of halogens is 1. The maximum absolute atomic E-state index is 10.4. The van der Waals surface area contributed by atoms with Crippen LogP contribution in [0.2, 0.25) is 0 Å². The predicted octanol–water partition coefficient (Wildman–Crippen LogP) is 2.32. The highest BCUT2D eigenvalue weighted by molar-refractivity contribution is 9.10. The minimum Gasteiger partial charge on any atom is -0.389 e. The first-order valence-electron chi connectivity index (χ1n) is 5.52. The molecule has 1 N–H and O–H groups in total. The Hall–Kier alpha value is -0.450. The molecule has 1 aliphatic rings. The quantitative estimate of drug-likeness (QED) is 0.907. The fourth-order valence-corrected chi connectivity index (χ4v) is 2.39. The second-order valence-electron chi connectivity index (χ2n) is 4.50. The van der Waals surface area contributed by atoms with Gasteiger partial charge in [0.25, 0.3) is 0 Å². The Kier molecular flexibility index (Phi) is 3.62. The third-order valence-electron chi connectivity index (χ3n) is 2.94. The van der Waals surface area contributed by atoms with E-state index in [1.54, 1.807) is 6.20 Å². The van der Waals surface area contributed by atoms with E-state index in [1.807, 2.05) is 19.1 Å². The monoisotopic (exact) mass is 285 g/mol. The van der Waals surface area contributed by atoms with Crippen molar-refractivity contribution in [2.24, 2.45) is 0 Å². The zero-order valence-electron chi connectivity index (χ0n) is 9.32. The minimum absolute atomic E-state index is 0.134. The molecule has 2 heterocycles. The normalized spacial score (nSPS) is 30.3. The number of nitrogens with zero attached hydrogens (tertiary/aromatic N) is 1. The number of pyridine rings is 1. The molecule has 3 nitrogen and oxygen atoms in total. The van der Waals surface area contributed by atoms with Crippen molar-refractivity contribution in [1.82, 2.24) is 4.98 Å². The third-order valence-corrected chi connectivity index (χ3v) is 3.41. The van der Waals surface area contributed by atoms with Gasteiger partial charge in [0.2, 0.25) is 0 Å². The van der Waals surface area contributed by atoms with E-state index in [2.05, 4.69) is 20.9 Å². The number of rotatable bonds is 2. The lowest BCUT2D eigenvalue weighted by molar-refractivity contribution is -0.0964. The second kappa shape index (κ2) is 4.82. The van der Waals surface area contributed by atoms with Gasteiger partial charge in [0.05, 0.1) is 11.7 Å². The molecule has 4 heteroatoms. The summed E-state index contributed by atoms with van der Waals surface area (Å²) in [6, 6.07) is 3.90. The van der Waals surface area contributed by atoms with Gasteiger partial charge in [0.15, 0.2) is 0 Å². The van der Waals surface area contributed by atoms with E-state index < -0.39 is 5.60 Å².